The van der Waals surface area contributed by atoms with Gasteiger partial charge in [0.15, 0.2) is 17.6 Å². The minimum Gasteiger partial charge on any atom is -0.486 e. The maximum atomic E-state index is 12.9. The summed E-state index contributed by atoms with van der Waals surface area (Å²) < 4.78 is 13.7. The Balaban J connectivity index is 1.34. The number of tetrazole rings is 1. The van der Waals surface area contributed by atoms with Crippen molar-refractivity contribution in [2.75, 3.05) is 25.4 Å². The van der Waals surface area contributed by atoms with E-state index in [0.29, 0.717) is 31.5 Å². The van der Waals surface area contributed by atoms with Crippen LogP contribution in [0.3, 0.4) is 0 Å². The summed E-state index contributed by atoms with van der Waals surface area (Å²) in [5.41, 5.74) is 0. The Kier molecular flexibility index (Phi) is 6.53. The van der Waals surface area contributed by atoms with E-state index in [1.165, 1.54) is 24.6 Å². The lowest BCUT2D eigenvalue weighted by Crippen LogP contribution is -2.44. The first kappa shape index (κ1) is 20.0. The van der Waals surface area contributed by atoms with Gasteiger partial charge in [-0.15, -0.1) is 5.10 Å². The number of benzene rings is 1. The second-order valence-electron chi connectivity index (χ2n) is 7.47. The third-order valence-corrected chi connectivity index (χ3v) is 6.21. The average molecular weight is 418 g/mol. The van der Waals surface area contributed by atoms with Gasteiger partial charge in [-0.05, 0) is 41.8 Å². The molecule has 9 heteroatoms. The van der Waals surface area contributed by atoms with Crippen LogP contribution >= 0.6 is 11.8 Å². The molecule has 4 rings (SSSR count). The van der Waals surface area contributed by atoms with E-state index in [1.54, 1.807) is 0 Å². The maximum absolute atomic E-state index is 12.9. The van der Waals surface area contributed by atoms with E-state index in [-0.39, 0.29) is 12.0 Å². The molecular formula is C20H27N5O3S. The number of nitrogens with zero attached hydrogens (tertiary/aromatic N) is 5. The number of para-hydroxylation sites is 2. The van der Waals surface area contributed by atoms with Crippen LogP contribution in [0.2, 0.25) is 0 Å². The van der Waals surface area contributed by atoms with Crippen LogP contribution in [-0.4, -0.2) is 62.6 Å². The standard InChI is InChI=1S/C20H27N5O3S/c1-2-11-24(12-16-13-27-17-9-5-6-10-18(17)28-16)19(26)14-29-20-21-22-23-25(20)15-7-3-4-8-15/h5-6,9-10,15-16H,2-4,7-8,11-14H2,1H3/t16-/m0/s1. The minimum atomic E-state index is -0.172. The van der Waals surface area contributed by atoms with Gasteiger partial charge in [-0.25, -0.2) is 4.68 Å². The molecule has 8 nitrogen and oxygen atoms in total. The molecule has 0 N–H and O–H groups in total. The van der Waals surface area contributed by atoms with Gasteiger partial charge in [-0.2, -0.15) is 0 Å². The van der Waals surface area contributed by atoms with Crippen molar-refractivity contribution in [2.24, 2.45) is 0 Å². The van der Waals surface area contributed by atoms with Gasteiger partial charge in [0.05, 0.1) is 18.3 Å². The Morgan fingerprint density at radius 3 is 2.86 bits per heavy atom. The minimum absolute atomic E-state index is 0.0697. The lowest BCUT2D eigenvalue weighted by Gasteiger charge is -2.31. The van der Waals surface area contributed by atoms with Gasteiger partial charge in [0.2, 0.25) is 11.1 Å². The van der Waals surface area contributed by atoms with E-state index in [1.807, 2.05) is 33.8 Å². The maximum Gasteiger partial charge on any atom is 0.233 e. The Hall–Kier alpha value is -2.29. The van der Waals surface area contributed by atoms with Gasteiger partial charge >= 0.3 is 0 Å². The zero-order chi connectivity index (χ0) is 20.1. The number of thioether (sulfide) groups is 1. The number of hydrogen-bond acceptors (Lipinski definition) is 7. The van der Waals surface area contributed by atoms with Crippen molar-refractivity contribution in [3.8, 4) is 11.5 Å². The number of rotatable bonds is 8. The van der Waals surface area contributed by atoms with Crippen molar-refractivity contribution >= 4 is 17.7 Å². The number of carbonyl (C=O) groups is 1. The summed E-state index contributed by atoms with van der Waals surface area (Å²) in [6.45, 7) is 3.71. The fourth-order valence-corrected chi connectivity index (χ4v) is 4.71. The van der Waals surface area contributed by atoms with Crippen LogP contribution in [0.4, 0.5) is 0 Å². The van der Waals surface area contributed by atoms with Crippen LogP contribution in [0.5, 0.6) is 11.5 Å². The average Bonchev–Trinajstić information content (AvgIpc) is 3.43. The molecule has 1 amide bonds. The second kappa shape index (κ2) is 9.47. The largest absolute Gasteiger partial charge is 0.486 e. The molecule has 1 aliphatic carbocycles. The number of aromatic nitrogens is 4. The van der Waals surface area contributed by atoms with Crippen LogP contribution in [0.15, 0.2) is 29.4 Å². The summed E-state index contributed by atoms with van der Waals surface area (Å²) in [5.74, 6) is 1.88. The summed E-state index contributed by atoms with van der Waals surface area (Å²) in [6.07, 6.45) is 5.35. The second-order valence-corrected chi connectivity index (χ2v) is 8.41. The Bertz CT molecular complexity index is 824. The molecule has 1 aromatic heterocycles. The summed E-state index contributed by atoms with van der Waals surface area (Å²) >= 11 is 1.42. The van der Waals surface area contributed by atoms with Gasteiger partial charge in [0.25, 0.3) is 0 Å². The number of ether oxygens (including phenoxy) is 2. The van der Waals surface area contributed by atoms with Crippen molar-refractivity contribution in [1.82, 2.24) is 25.1 Å². The number of hydrogen-bond donors (Lipinski definition) is 0. The fourth-order valence-electron chi connectivity index (χ4n) is 3.86. The van der Waals surface area contributed by atoms with Crippen LogP contribution in [0.25, 0.3) is 0 Å². The first-order valence-corrected chi connectivity index (χ1v) is 11.3. The van der Waals surface area contributed by atoms with Gasteiger partial charge in [0.1, 0.15) is 6.61 Å². The molecule has 2 aliphatic rings. The molecule has 0 spiro atoms. The van der Waals surface area contributed by atoms with Crippen molar-refractivity contribution in [1.29, 1.82) is 0 Å². The lowest BCUT2D eigenvalue weighted by molar-refractivity contribution is -0.130. The number of carbonyl (C=O) groups excluding carboxylic acids is 1. The van der Waals surface area contributed by atoms with Crippen LogP contribution < -0.4 is 9.47 Å². The van der Waals surface area contributed by atoms with Gasteiger partial charge in [-0.3, -0.25) is 4.79 Å². The number of amides is 1. The molecule has 0 saturated heterocycles. The highest BCUT2D eigenvalue weighted by Gasteiger charge is 2.26. The molecule has 1 aliphatic heterocycles. The van der Waals surface area contributed by atoms with Crippen LogP contribution in [-0.2, 0) is 4.79 Å². The predicted molar refractivity (Wildman–Crippen MR) is 109 cm³/mol. The lowest BCUT2D eigenvalue weighted by atomic mass is 10.2. The Morgan fingerprint density at radius 2 is 2.07 bits per heavy atom. The van der Waals surface area contributed by atoms with Crippen molar-refractivity contribution in [3.05, 3.63) is 24.3 Å². The third kappa shape index (κ3) is 4.83. The summed E-state index contributed by atoms with van der Waals surface area (Å²) in [7, 11) is 0. The topological polar surface area (TPSA) is 82.4 Å². The zero-order valence-electron chi connectivity index (χ0n) is 16.7. The molecule has 2 aromatic rings. The van der Waals surface area contributed by atoms with Gasteiger partial charge in [0, 0.05) is 6.54 Å². The smallest absolute Gasteiger partial charge is 0.233 e. The summed E-state index contributed by atoms with van der Waals surface area (Å²) in [5, 5.41) is 12.8. The first-order valence-electron chi connectivity index (χ1n) is 10.3. The molecular weight excluding hydrogens is 390 g/mol. The molecule has 29 heavy (non-hydrogen) atoms. The fraction of sp³-hybridized carbons (Fsp3) is 0.600. The molecule has 2 heterocycles. The van der Waals surface area contributed by atoms with E-state index < -0.39 is 0 Å². The molecule has 0 bridgehead atoms. The first-order chi connectivity index (χ1) is 14.2. The van der Waals surface area contributed by atoms with Crippen LogP contribution in [0.1, 0.15) is 45.1 Å². The zero-order valence-corrected chi connectivity index (χ0v) is 17.5. The van der Waals surface area contributed by atoms with Gasteiger partial charge < -0.3 is 14.4 Å². The number of fused-ring (bicyclic) bond motifs is 1. The molecule has 1 fully saturated rings. The van der Waals surface area contributed by atoms with E-state index in [4.69, 9.17) is 9.47 Å². The molecule has 1 aromatic carbocycles. The molecule has 156 valence electrons. The van der Waals surface area contributed by atoms with Crippen molar-refractivity contribution in [2.45, 2.75) is 56.3 Å². The van der Waals surface area contributed by atoms with Crippen LogP contribution in [0, 0.1) is 0 Å². The highest BCUT2D eigenvalue weighted by Crippen LogP contribution is 2.32. The normalized spacial score (nSPS) is 18.7. The highest BCUT2D eigenvalue weighted by molar-refractivity contribution is 7.99. The van der Waals surface area contributed by atoms with Crippen molar-refractivity contribution < 1.29 is 14.3 Å². The Morgan fingerprint density at radius 1 is 1.28 bits per heavy atom. The van der Waals surface area contributed by atoms with Crippen molar-refractivity contribution in [3.63, 3.8) is 0 Å². The highest BCUT2D eigenvalue weighted by atomic mass is 32.2. The van der Waals surface area contributed by atoms with E-state index in [2.05, 4.69) is 22.4 Å². The summed E-state index contributed by atoms with van der Waals surface area (Å²) in [6, 6.07) is 8.00. The summed E-state index contributed by atoms with van der Waals surface area (Å²) in [4.78, 5) is 14.8. The molecule has 0 unspecified atom stereocenters. The van der Waals surface area contributed by atoms with E-state index in [9.17, 15) is 4.79 Å². The van der Waals surface area contributed by atoms with Gasteiger partial charge in [-0.1, -0.05) is 43.7 Å². The quantitative estimate of drug-likeness (QED) is 0.611. The van der Waals surface area contributed by atoms with E-state index >= 15 is 0 Å². The van der Waals surface area contributed by atoms with E-state index in [0.717, 1.165) is 35.9 Å². The Labute approximate surface area is 174 Å². The molecule has 1 atom stereocenters. The molecule has 1 saturated carbocycles. The monoisotopic (exact) mass is 417 g/mol. The third-order valence-electron chi connectivity index (χ3n) is 5.30. The SMILES string of the molecule is CCCN(C[C@H]1COc2ccccc2O1)C(=O)CSc1nnnn1C1CCCC1. The predicted octanol–water partition coefficient (Wildman–Crippen LogP) is 2.96. The molecule has 0 radical (unpaired) electrons.